The van der Waals surface area contributed by atoms with Crippen molar-refractivity contribution in [3.8, 4) is 0 Å². The minimum absolute atomic E-state index is 0.129. The van der Waals surface area contributed by atoms with E-state index in [0.29, 0.717) is 17.4 Å². The van der Waals surface area contributed by atoms with Crippen LogP contribution in [-0.2, 0) is 6.54 Å². The molecule has 8 heteroatoms. The lowest BCUT2D eigenvalue weighted by atomic mass is 10.2. The average Bonchev–Trinajstić information content (AvgIpc) is 2.40. The van der Waals surface area contributed by atoms with Crippen LogP contribution in [0.25, 0.3) is 0 Å². The molecular weight excluding hydrogens is 389 g/mol. The Morgan fingerprint density at radius 2 is 1.90 bits per heavy atom. The maximum atomic E-state index is 12.2. The normalized spacial score (nSPS) is 11.5. The first-order chi connectivity index (χ1) is 9.83. The molecule has 2 nitrogen and oxygen atoms in total. The molecule has 0 spiro atoms. The van der Waals surface area contributed by atoms with E-state index >= 15 is 0 Å². The topological polar surface area (TPSA) is 24.9 Å². The monoisotopic (exact) mass is 396 g/mol. The molecule has 1 aromatic carbocycles. The molecule has 0 aliphatic heterocycles. The number of alkyl halides is 3. The second kappa shape index (κ2) is 6.89. The number of benzene rings is 1. The molecule has 21 heavy (non-hydrogen) atoms. The highest BCUT2D eigenvalue weighted by Crippen LogP contribution is 2.36. The van der Waals surface area contributed by atoms with Gasteiger partial charge in [-0.25, -0.2) is 4.98 Å². The van der Waals surface area contributed by atoms with E-state index in [2.05, 4.69) is 26.2 Å². The van der Waals surface area contributed by atoms with Gasteiger partial charge < -0.3 is 5.32 Å². The van der Waals surface area contributed by atoms with Crippen LogP contribution < -0.4 is 5.32 Å². The molecule has 0 aliphatic rings. The van der Waals surface area contributed by atoms with Gasteiger partial charge in [0.05, 0.1) is 5.69 Å². The summed E-state index contributed by atoms with van der Waals surface area (Å²) >= 11 is 9.10. The third-order valence-electron chi connectivity index (χ3n) is 2.45. The summed E-state index contributed by atoms with van der Waals surface area (Å²) in [4.78, 5) is 4.13. The van der Waals surface area contributed by atoms with E-state index in [1.54, 1.807) is 24.4 Å². The molecule has 1 aromatic heterocycles. The summed E-state index contributed by atoms with van der Waals surface area (Å²) in [7, 11) is 0. The lowest BCUT2D eigenvalue weighted by molar-refractivity contribution is -0.0328. The number of hydrogen-bond acceptors (Lipinski definition) is 3. The van der Waals surface area contributed by atoms with Gasteiger partial charge in [0.1, 0.15) is 0 Å². The fourth-order valence-corrected chi connectivity index (χ4v) is 2.59. The van der Waals surface area contributed by atoms with Crippen molar-refractivity contribution in [2.24, 2.45) is 0 Å². The van der Waals surface area contributed by atoms with Crippen molar-refractivity contribution < 1.29 is 13.2 Å². The number of thioether (sulfide) groups is 1. The Bertz CT molecular complexity index is 620. The van der Waals surface area contributed by atoms with E-state index in [0.717, 1.165) is 10.0 Å². The Labute approximate surface area is 137 Å². The minimum atomic E-state index is -4.27. The fraction of sp³-hybridized carbons (Fsp3) is 0.154. The van der Waals surface area contributed by atoms with E-state index in [1.165, 1.54) is 12.1 Å². The summed E-state index contributed by atoms with van der Waals surface area (Å²) in [5.41, 5.74) is -2.77. The molecular formula is C13H9BrClF3N2S. The van der Waals surface area contributed by atoms with Crippen LogP contribution in [0.5, 0.6) is 0 Å². The number of pyridine rings is 1. The van der Waals surface area contributed by atoms with Gasteiger partial charge in [0.2, 0.25) is 0 Å². The van der Waals surface area contributed by atoms with Gasteiger partial charge in [-0.3, -0.25) is 0 Å². The van der Waals surface area contributed by atoms with Gasteiger partial charge in [-0.05, 0) is 51.5 Å². The zero-order valence-electron chi connectivity index (χ0n) is 10.4. The Kier molecular flexibility index (Phi) is 5.40. The van der Waals surface area contributed by atoms with E-state index < -0.39 is 5.51 Å². The zero-order chi connectivity index (χ0) is 15.5. The highest BCUT2D eigenvalue weighted by Gasteiger charge is 2.28. The molecule has 0 fully saturated rings. The molecule has 0 amide bonds. The van der Waals surface area contributed by atoms with E-state index in [4.69, 9.17) is 11.6 Å². The van der Waals surface area contributed by atoms with Crippen LogP contribution in [0.3, 0.4) is 0 Å². The van der Waals surface area contributed by atoms with Crippen LogP contribution in [0.15, 0.2) is 45.9 Å². The van der Waals surface area contributed by atoms with Crippen molar-refractivity contribution in [2.45, 2.75) is 16.9 Å². The second-order valence-electron chi connectivity index (χ2n) is 4.04. The molecule has 0 bridgehead atoms. The molecule has 112 valence electrons. The van der Waals surface area contributed by atoms with Gasteiger partial charge in [-0.1, -0.05) is 23.7 Å². The number of aromatic nitrogens is 1. The second-order valence-corrected chi connectivity index (χ2v) is 6.45. The summed E-state index contributed by atoms with van der Waals surface area (Å²) in [5, 5.41) is 3.42. The van der Waals surface area contributed by atoms with Gasteiger partial charge >= 0.3 is 5.51 Å². The Morgan fingerprint density at radius 1 is 1.24 bits per heavy atom. The first-order valence-electron chi connectivity index (χ1n) is 5.73. The van der Waals surface area contributed by atoms with Crippen molar-refractivity contribution in [2.75, 3.05) is 5.32 Å². The SMILES string of the molecule is FC(F)(F)Sc1ccc(CNc2cc(Br)cnc2Cl)cc1. The molecule has 2 aromatic rings. The Morgan fingerprint density at radius 3 is 2.52 bits per heavy atom. The molecule has 0 saturated carbocycles. The highest BCUT2D eigenvalue weighted by molar-refractivity contribution is 9.10. The van der Waals surface area contributed by atoms with Gasteiger partial charge in [0.25, 0.3) is 0 Å². The standard InChI is InChI=1S/C13H9BrClF3N2S/c14-9-5-11(12(15)20-7-9)19-6-8-1-3-10(4-2-8)21-13(16,17)18/h1-5,7,19H,6H2. The zero-order valence-corrected chi connectivity index (χ0v) is 13.6. The minimum Gasteiger partial charge on any atom is -0.378 e. The lowest BCUT2D eigenvalue weighted by Crippen LogP contribution is -2.01. The molecule has 2 rings (SSSR count). The number of rotatable bonds is 4. The first-order valence-corrected chi connectivity index (χ1v) is 7.72. The fourth-order valence-electron chi connectivity index (χ4n) is 1.55. The van der Waals surface area contributed by atoms with E-state index in [1.807, 2.05) is 0 Å². The summed E-state index contributed by atoms with van der Waals surface area (Å²) < 4.78 is 37.4. The van der Waals surface area contributed by atoms with E-state index in [9.17, 15) is 13.2 Å². The average molecular weight is 398 g/mol. The predicted octanol–water partition coefficient (Wildman–Crippen LogP) is 5.72. The summed E-state index contributed by atoms with van der Waals surface area (Å²) in [6.45, 7) is 0.439. The third-order valence-corrected chi connectivity index (χ3v) is 3.92. The van der Waals surface area contributed by atoms with Gasteiger partial charge in [0, 0.05) is 22.1 Å². The van der Waals surface area contributed by atoms with Crippen LogP contribution in [0.4, 0.5) is 18.9 Å². The largest absolute Gasteiger partial charge is 0.446 e. The number of nitrogens with zero attached hydrogens (tertiary/aromatic N) is 1. The highest BCUT2D eigenvalue weighted by atomic mass is 79.9. The van der Waals surface area contributed by atoms with Crippen LogP contribution in [0.1, 0.15) is 5.56 Å². The number of anilines is 1. The molecule has 1 heterocycles. The molecule has 0 saturated heterocycles. The van der Waals surface area contributed by atoms with E-state index in [-0.39, 0.29) is 16.7 Å². The van der Waals surface area contributed by atoms with Gasteiger partial charge in [-0.2, -0.15) is 13.2 Å². The smallest absolute Gasteiger partial charge is 0.378 e. The summed E-state index contributed by atoms with van der Waals surface area (Å²) in [6.07, 6.45) is 1.58. The molecule has 0 atom stereocenters. The van der Waals surface area contributed by atoms with Crippen molar-refractivity contribution >= 4 is 45.0 Å². The van der Waals surface area contributed by atoms with Gasteiger partial charge in [0.15, 0.2) is 5.15 Å². The van der Waals surface area contributed by atoms with Crippen molar-refractivity contribution in [3.63, 3.8) is 0 Å². The molecule has 1 N–H and O–H groups in total. The molecule has 0 aliphatic carbocycles. The van der Waals surface area contributed by atoms with Crippen molar-refractivity contribution in [1.29, 1.82) is 0 Å². The van der Waals surface area contributed by atoms with Crippen LogP contribution in [0, 0.1) is 0 Å². The van der Waals surface area contributed by atoms with Crippen LogP contribution >= 0.6 is 39.3 Å². The van der Waals surface area contributed by atoms with Crippen molar-refractivity contribution in [3.05, 3.63) is 51.7 Å². The maximum Gasteiger partial charge on any atom is 0.446 e. The maximum absolute atomic E-state index is 12.2. The predicted molar refractivity (Wildman–Crippen MR) is 82.6 cm³/mol. The third kappa shape index (κ3) is 5.41. The molecule has 0 unspecified atom stereocenters. The number of hydrogen-bond donors (Lipinski definition) is 1. The first kappa shape index (κ1) is 16.5. The van der Waals surface area contributed by atoms with Crippen LogP contribution in [-0.4, -0.2) is 10.5 Å². The number of nitrogens with one attached hydrogen (secondary N) is 1. The number of halogens is 5. The Hall–Kier alpha value is -0.920. The van der Waals surface area contributed by atoms with Gasteiger partial charge in [-0.15, -0.1) is 0 Å². The Balaban J connectivity index is 1.99. The lowest BCUT2D eigenvalue weighted by Gasteiger charge is -2.09. The van der Waals surface area contributed by atoms with Crippen LogP contribution in [0.2, 0.25) is 5.15 Å². The summed E-state index contributed by atoms with van der Waals surface area (Å²) in [5.74, 6) is 0. The summed E-state index contributed by atoms with van der Waals surface area (Å²) in [6, 6.07) is 7.94. The van der Waals surface area contributed by atoms with Crippen molar-refractivity contribution in [1.82, 2.24) is 4.98 Å². The molecule has 0 radical (unpaired) electrons. The quantitative estimate of drug-likeness (QED) is 0.527.